The lowest BCUT2D eigenvalue weighted by Gasteiger charge is -2.27. The van der Waals surface area contributed by atoms with Crippen molar-refractivity contribution in [1.82, 2.24) is 5.32 Å². The second-order valence-electron chi connectivity index (χ2n) is 4.42. The van der Waals surface area contributed by atoms with E-state index in [4.69, 9.17) is 5.11 Å². The molecule has 1 aromatic rings. The van der Waals surface area contributed by atoms with Crippen LogP contribution in [0.4, 0.5) is 0 Å². The predicted molar refractivity (Wildman–Crippen MR) is 66.1 cm³/mol. The van der Waals surface area contributed by atoms with Gasteiger partial charge in [-0.2, -0.15) is 0 Å². The van der Waals surface area contributed by atoms with Crippen molar-refractivity contribution >= 4 is 15.8 Å². The molecule has 0 aliphatic carbocycles. The summed E-state index contributed by atoms with van der Waals surface area (Å²) in [6.45, 7) is 1.55. The van der Waals surface area contributed by atoms with Gasteiger partial charge in [0.2, 0.25) is 0 Å². The van der Waals surface area contributed by atoms with E-state index < -0.39 is 21.8 Å². The third-order valence-electron chi connectivity index (χ3n) is 3.13. The van der Waals surface area contributed by atoms with Gasteiger partial charge in [0.05, 0.1) is 10.6 Å². The Labute approximate surface area is 106 Å². The molecular formula is C12H15NO4S. The van der Waals surface area contributed by atoms with Crippen molar-refractivity contribution in [2.45, 2.75) is 30.3 Å². The molecule has 2 N–H and O–H groups in total. The van der Waals surface area contributed by atoms with Crippen molar-refractivity contribution in [2.24, 2.45) is 0 Å². The number of carbonyl (C=O) groups is 1. The molecule has 2 unspecified atom stereocenters. The smallest absolute Gasteiger partial charge is 0.320 e. The van der Waals surface area contributed by atoms with Crippen molar-refractivity contribution in [3.8, 4) is 0 Å². The first kappa shape index (κ1) is 13.0. The summed E-state index contributed by atoms with van der Waals surface area (Å²) in [6.07, 6.45) is 0.400. The minimum atomic E-state index is -3.22. The van der Waals surface area contributed by atoms with Crippen LogP contribution in [0.2, 0.25) is 0 Å². The topological polar surface area (TPSA) is 83.5 Å². The highest BCUT2D eigenvalue weighted by molar-refractivity contribution is 7.91. The summed E-state index contributed by atoms with van der Waals surface area (Å²) in [7, 11) is -3.22. The van der Waals surface area contributed by atoms with E-state index in [9.17, 15) is 13.2 Å². The zero-order chi connectivity index (χ0) is 13.3. The molecule has 18 heavy (non-hydrogen) atoms. The van der Waals surface area contributed by atoms with E-state index in [0.717, 1.165) is 0 Å². The van der Waals surface area contributed by atoms with Gasteiger partial charge in [-0.05, 0) is 25.0 Å². The number of hydrogen-bond acceptors (Lipinski definition) is 4. The summed E-state index contributed by atoms with van der Waals surface area (Å²) in [6, 6.07) is 5.82. The van der Waals surface area contributed by atoms with Crippen molar-refractivity contribution < 1.29 is 18.3 Å². The van der Waals surface area contributed by atoms with Gasteiger partial charge in [0.1, 0.15) is 6.04 Å². The number of carboxylic acids is 1. The summed E-state index contributed by atoms with van der Waals surface area (Å²) in [5.41, 5.74) is 0.664. The Kier molecular flexibility index (Phi) is 3.41. The van der Waals surface area contributed by atoms with E-state index >= 15 is 0 Å². The molecule has 2 atom stereocenters. The fourth-order valence-electron chi connectivity index (χ4n) is 2.14. The third kappa shape index (κ3) is 2.39. The SMILES string of the molecule is CC(NC1CCS(=O)(=O)c2ccccc21)C(=O)O. The van der Waals surface area contributed by atoms with Gasteiger partial charge in [-0.25, -0.2) is 8.42 Å². The Balaban J connectivity index is 2.34. The third-order valence-corrected chi connectivity index (χ3v) is 4.94. The number of benzene rings is 1. The van der Waals surface area contributed by atoms with Gasteiger partial charge in [0.15, 0.2) is 9.84 Å². The van der Waals surface area contributed by atoms with Crippen LogP contribution in [0.5, 0.6) is 0 Å². The highest BCUT2D eigenvalue weighted by Gasteiger charge is 2.31. The second-order valence-corrected chi connectivity index (χ2v) is 6.50. The molecule has 6 heteroatoms. The monoisotopic (exact) mass is 269 g/mol. The number of hydrogen-bond donors (Lipinski definition) is 2. The van der Waals surface area contributed by atoms with Crippen LogP contribution in [0.25, 0.3) is 0 Å². The molecule has 1 heterocycles. The van der Waals surface area contributed by atoms with Gasteiger partial charge in [-0.1, -0.05) is 18.2 Å². The van der Waals surface area contributed by atoms with Gasteiger partial charge in [-0.3, -0.25) is 10.1 Å². The maximum Gasteiger partial charge on any atom is 0.320 e. The van der Waals surface area contributed by atoms with E-state index in [1.807, 2.05) is 0 Å². The summed E-state index contributed by atoms with van der Waals surface area (Å²) in [5.74, 6) is -0.894. The minimum Gasteiger partial charge on any atom is -0.480 e. The molecule has 2 rings (SSSR count). The average Bonchev–Trinajstić information content (AvgIpc) is 2.33. The molecule has 0 bridgehead atoms. The molecular weight excluding hydrogens is 254 g/mol. The number of nitrogens with one attached hydrogen (secondary N) is 1. The molecule has 0 aromatic heterocycles. The molecule has 0 fully saturated rings. The molecule has 0 saturated heterocycles. The van der Waals surface area contributed by atoms with Crippen molar-refractivity contribution in [1.29, 1.82) is 0 Å². The zero-order valence-corrected chi connectivity index (χ0v) is 10.8. The first-order chi connectivity index (χ1) is 8.42. The van der Waals surface area contributed by atoms with Crippen LogP contribution in [-0.2, 0) is 14.6 Å². The molecule has 1 aliphatic rings. The zero-order valence-electron chi connectivity index (χ0n) is 9.96. The number of rotatable bonds is 3. The van der Waals surface area contributed by atoms with Crippen LogP contribution in [0.15, 0.2) is 29.2 Å². The maximum absolute atomic E-state index is 11.9. The Bertz CT molecular complexity index is 567. The van der Waals surface area contributed by atoms with Gasteiger partial charge in [0.25, 0.3) is 0 Å². The van der Waals surface area contributed by atoms with Gasteiger partial charge >= 0.3 is 5.97 Å². The predicted octanol–water partition coefficient (Wildman–Crippen LogP) is 0.968. The number of carboxylic acid groups (broad SMARTS) is 1. The summed E-state index contributed by atoms with van der Waals surface area (Å²) >= 11 is 0. The highest BCUT2D eigenvalue weighted by atomic mass is 32.2. The lowest BCUT2D eigenvalue weighted by Crippen LogP contribution is -2.39. The largest absolute Gasteiger partial charge is 0.480 e. The van der Waals surface area contributed by atoms with Crippen molar-refractivity contribution in [3.63, 3.8) is 0 Å². The van der Waals surface area contributed by atoms with Crippen LogP contribution in [0, 0.1) is 0 Å². The molecule has 98 valence electrons. The lowest BCUT2D eigenvalue weighted by molar-refractivity contribution is -0.139. The first-order valence-electron chi connectivity index (χ1n) is 5.72. The van der Waals surface area contributed by atoms with Gasteiger partial charge in [-0.15, -0.1) is 0 Å². The Morgan fingerprint density at radius 2 is 2.11 bits per heavy atom. The van der Waals surface area contributed by atoms with Gasteiger partial charge < -0.3 is 5.11 Å². The van der Waals surface area contributed by atoms with E-state index in [-0.39, 0.29) is 11.8 Å². The molecule has 0 amide bonds. The molecule has 1 aromatic carbocycles. The van der Waals surface area contributed by atoms with Crippen molar-refractivity contribution in [2.75, 3.05) is 5.75 Å². The standard InChI is InChI=1S/C12H15NO4S/c1-8(12(14)15)13-10-6-7-18(16,17)11-5-3-2-4-9(10)11/h2-5,8,10,13H,6-7H2,1H3,(H,14,15). The molecule has 5 nitrogen and oxygen atoms in total. The fraction of sp³-hybridized carbons (Fsp3) is 0.417. The van der Waals surface area contributed by atoms with Gasteiger partial charge in [0, 0.05) is 6.04 Å². The normalized spacial score (nSPS) is 23.1. The van der Waals surface area contributed by atoms with Crippen LogP contribution in [0.1, 0.15) is 24.9 Å². The Hall–Kier alpha value is -1.40. The van der Waals surface area contributed by atoms with Crippen LogP contribution in [-0.4, -0.2) is 31.3 Å². The molecule has 0 saturated carbocycles. The van der Waals surface area contributed by atoms with E-state index in [1.165, 1.54) is 0 Å². The quantitative estimate of drug-likeness (QED) is 0.854. The van der Waals surface area contributed by atoms with E-state index in [1.54, 1.807) is 31.2 Å². The molecule has 1 aliphatic heterocycles. The van der Waals surface area contributed by atoms with E-state index in [2.05, 4.69) is 5.32 Å². The average molecular weight is 269 g/mol. The first-order valence-corrected chi connectivity index (χ1v) is 7.37. The highest BCUT2D eigenvalue weighted by Crippen LogP contribution is 2.32. The maximum atomic E-state index is 11.9. The number of fused-ring (bicyclic) bond motifs is 1. The Morgan fingerprint density at radius 1 is 1.44 bits per heavy atom. The molecule has 0 spiro atoms. The van der Waals surface area contributed by atoms with Crippen LogP contribution in [0.3, 0.4) is 0 Å². The summed E-state index contributed by atoms with van der Waals surface area (Å²) < 4.78 is 23.8. The number of sulfone groups is 1. The molecule has 0 radical (unpaired) electrons. The van der Waals surface area contributed by atoms with Crippen molar-refractivity contribution in [3.05, 3.63) is 29.8 Å². The second kappa shape index (κ2) is 4.70. The fourth-order valence-corrected chi connectivity index (χ4v) is 3.76. The van der Waals surface area contributed by atoms with Crippen LogP contribution < -0.4 is 5.32 Å². The Morgan fingerprint density at radius 3 is 2.78 bits per heavy atom. The van der Waals surface area contributed by atoms with Crippen LogP contribution >= 0.6 is 0 Å². The van der Waals surface area contributed by atoms with E-state index in [0.29, 0.717) is 16.9 Å². The summed E-state index contributed by atoms with van der Waals surface area (Å²) in [4.78, 5) is 11.1. The number of aliphatic carboxylic acids is 1. The summed E-state index contributed by atoms with van der Waals surface area (Å²) in [5, 5.41) is 11.8. The minimum absolute atomic E-state index is 0.0496. The lowest BCUT2D eigenvalue weighted by atomic mass is 10.0.